The molecular formula is C20H30N6. The second kappa shape index (κ2) is 9.36. The van der Waals surface area contributed by atoms with Crippen molar-refractivity contribution in [3.05, 3.63) is 36.2 Å². The topological polar surface area (TPSA) is 78.0 Å². The molecule has 0 saturated heterocycles. The highest BCUT2D eigenvalue weighted by Crippen LogP contribution is 2.26. The molecule has 0 spiro atoms. The average Bonchev–Trinajstić information content (AvgIpc) is 3.22. The summed E-state index contributed by atoms with van der Waals surface area (Å²) in [5, 5.41) is 13.9. The third-order valence-corrected chi connectivity index (χ3v) is 5.08. The zero-order chi connectivity index (χ0) is 18.2. The number of guanidine groups is 1. The van der Waals surface area contributed by atoms with Gasteiger partial charge in [-0.1, -0.05) is 44.4 Å². The Hall–Kier alpha value is -2.37. The zero-order valence-corrected chi connectivity index (χ0v) is 15.8. The minimum atomic E-state index is 0.534. The Morgan fingerprint density at radius 3 is 3.00 bits per heavy atom. The number of H-pyrrole nitrogens is 1. The predicted octanol–water partition coefficient (Wildman–Crippen LogP) is 3.50. The van der Waals surface area contributed by atoms with E-state index in [2.05, 4.69) is 51.8 Å². The van der Waals surface area contributed by atoms with E-state index in [4.69, 9.17) is 4.99 Å². The summed E-state index contributed by atoms with van der Waals surface area (Å²) in [6.45, 7) is 5.92. The number of aromatic amines is 1. The summed E-state index contributed by atoms with van der Waals surface area (Å²) in [5.41, 5.74) is 2.19. The lowest BCUT2D eigenvalue weighted by Crippen LogP contribution is -2.45. The van der Waals surface area contributed by atoms with Crippen LogP contribution in [0.3, 0.4) is 0 Å². The van der Waals surface area contributed by atoms with Crippen molar-refractivity contribution in [1.82, 2.24) is 25.8 Å². The minimum Gasteiger partial charge on any atom is -0.357 e. The molecule has 3 N–H and O–H groups in total. The van der Waals surface area contributed by atoms with Crippen LogP contribution in [0.2, 0.25) is 0 Å². The van der Waals surface area contributed by atoms with Gasteiger partial charge >= 0.3 is 0 Å². The van der Waals surface area contributed by atoms with Crippen molar-refractivity contribution < 1.29 is 0 Å². The normalized spacial score (nSPS) is 20.8. The van der Waals surface area contributed by atoms with Crippen LogP contribution in [-0.4, -0.2) is 33.7 Å². The fourth-order valence-corrected chi connectivity index (χ4v) is 3.64. The van der Waals surface area contributed by atoms with Gasteiger partial charge in [0.05, 0.1) is 6.54 Å². The average molecular weight is 355 g/mol. The van der Waals surface area contributed by atoms with E-state index in [-0.39, 0.29) is 0 Å². The number of hydrogen-bond acceptors (Lipinski definition) is 3. The Morgan fingerprint density at radius 1 is 1.31 bits per heavy atom. The van der Waals surface area contributed by atoms with E-state index in [1.165, 1.54) is 38.4 Å². The molecule has 0 radical (unpaired) electrons. The van der Waals surface area contributed by atoms with Gasteiger partial charge in [-0.05, 0) is 37.3 Å². The first kappa shape index (κ1) is 18.4. The van der Waals surface area contributed by atoms with Crippen LogP contribution in [0.15, 0.2) is 35.6 Å². The summed E-state index contributed by atoms with van der Waals surface area (Å²) in [6, 6.07) is 8.81. The van der Waals surface area contributed by atoms with Gasteiger partial charge in [0.2, 0.25) is 0 Å². The summed E-state index contributed by atoms with van der Waals surface area (Å²) in [5.74, 6) is 2.55. The highest BCUT2D eigenvalue weighted by atomic mass is 15.2. The quantitative estimate of drug-likeness (QED) is 0.548. The van der Waals surface area contributed by atoms with Gasteiger partial charge in [-0.2, -0.15) is 5.10 Å². The number of hydrogen-bond donors (Lipinski definition) is 3. The van der Waals surface area contributed by atoms with E-state index in [0.717, 1.165) is 35.4 Å². The number of nitrogens with one attached hydrogen (secondary N) is 3. The molecule has 6 nitrogen and oxygen atoms in total. The Kier molecular flexibility index (Phi) is 6.63. The second-order valence-electron chi connectivity index (χ2n) is 7.01. The molecule has 140 valence electrons. The van der Waals surface area contributed by atoms with Gasteiger partial charge in [0.25, 0.3) is 0 Å². The molecular weight excluding hydrogens is 324 g/mol. The number of rotatable bonds is 6. The number of aliphatic imine (C=N–C) groups is 1. The van der Waals surface area contributed by atoms with E-state index in [0.29, 0.717) is 12.6 Å². The Labute approximate surface area is 155 Å². The van der Waals surface area contributed by atoms with Crippen LogP contribution in [-0.2, 0) is 6.54 Å². The Balaban J connectivity index is 1.64. The van der Waals surface area contributed by atoms with E-state index >= 15 is 0 Å². The molecule has 0 amide bonds. The maximum absolute atomic E-state index is 4.80. The van der Waals surface area contributed by atoms with E-state index in [1.54, 1.807) is 0 Å². The number of benzene rings is 1. The largest absolute Gasteiger partial charge is 0.357 e. The van der Waals surface area contributed by atoms with Crippen molar-refractivity contribution in [2.45, 2.75) is 58.5 Å². The van der Waals surface area contributed by atoms with Crippen molar-refractivity contribution in [3.8, 4) is 11.4 Å². The first-order valence-electron chi connectivity index (χ1n) is 9.78. The van der Waals surface area contributed by atoms with Crippen LogP contribution in [0, 0.1) is 5.92 Å². The number of aromatic nitrogens is 3. The molecule has 1 aromatic carbocycles. The van der Waals surface area contributed by atoms with Crippen LogP contribution in [0.1, 0.15) is 51.5 Å². The zero-order valence-electron chi connectivity index (χ0n) is 15.8. The van der Waals surface area contributed by atoms with Gasteiger partial charge in [-0.15, -0.1) is 0 Å². The molecule has 0 bridgehead atoms. The summed E-state index contributed by atoms with van der Waals surface area (Å²) in [7, 11) is 0. The van der Waals surface area contributed by atoms with Crippen molar-refractivity contribution in [1.29, 1.82) is 0 Å². The predicted molar refractivity (Wildman–Crippen MR) is 106 cm³/mol. The molecule has 1 aliphatic carbocycles. The molecule has 26 heavy (non-hydrogen) atoms. The molecule has 1 aliphatic rings. The van der Waals surface area contributed by atoms with Crippen LogP contribution in [0.25, 0.3) is 11.4 Å². The summed E-state index contributed by atoms with van der Waals surface area (Å²) >= 11 is 0. The fourth-order valence-electron chi connectivity index (χ4n) is 3.64. The summed E-state index contributed by atoms with van der Waals surface area (Å²) < 4.78 is 0. The molecule has 1 aromatic heterocycles. The molecule has 3 rings (SSSR count). The van der Waals surface area contributed by atoms with E-state index in [9.17, 15) is 0 Å². The molecule has 1 heterocycles. The van der Waals surface area contributed by atoms with Crippen LogP contribution >= 0.6 is 0 Å². The van der Waals surface area contributed by atoms with Gasteiger partial charge in [0.15, 0.2) is 11.8 Å². The van der Waals surface area contributed by atoms with Crippen LogP contribution < -0.4 is 10.6 Å². The summed E-state index contributed by atoms with van der Waals surface area (Å²) in [4.78, 5) is 9.02. The van der Waals surface area contributed by atoms with Gasteiger partial charge in [0.1, 0.15) is 6.33 Å². The van der Waals surface area contributed by atoms with Crippen molar-refractivity contribution >= 4 is 5.96 Å². The van der Waals surface area contributed by atoms with Crippen molar-refractivity contribution in [3.63, 3.8) is 0 Å². The fraction of sp³-hybridized carbons (Fsp3) is 0.550. The lowest BCUT2D eigenvalue weighted by molar-refractivity contribution is 0.298. The Morgan fingerprint density at radius 2 is 2.23 bits per heavy atom. The van der Waals surface area contributed by atoms with Crippen LogP contribution in [0.5, 0.6) is 0 Å². The maximum Gasteiger partial charge on any atom is 0.191 e. The third kappa shape index (κ3) is 5.07. The number of nitrogens with zero attached hydrogens (tertiary/aromatic N) is 3. The molecule has 2 aromatic rings. The summed E-state index contributed by atoms with van der Waals surface area (Å²) in [6.07, 6.45) is 7.98. The van der Waals surface area contributed by atoms with Crippen molar-refractivity contribution in [2.24, 2.45) is 10.9 Å². The molecule has 2 unspecified atom stereocenters. The Bertz CT molecular complexity index is 694. The van der Waals surface area contributed by atoms with Gasteiger partial charge in [-0.25, -0.2) is 9.98 Å². The highest BCUT2D eigenvalue weighted by Gasteiger charge is 2.21. The second-order valence-corrected chi connectivity index (χ2v) is 7.01. The maximum atomic E-state index is 4.80. The highest BCUT2D eigenvalue weighted by molar-refractivity contribution is 5.80. The standard InChI is InChI=1S/C20H30N6/c1-3-15-7-6-10-18(12-15)25-20(21-4-2)22-13-16-8-5-9-17(11-16)19-23-14-24-26-19/h5,8-9,11,14-15,18H,3-4,6-7,10,12-13H2,1-2H3,(H2,21,22,25)(H,23,24,26). The first-order chi connectivity index (χ1) is 12.8. The van der Waals surface area contributed by atoms with E-state index < -0.39 is 0 Å². The minimum absolute atomic E-state index is 0.534. The van der Waals surface area contributed by atoms with Crippen LogP contribution in [0.4, 0.5) is 0 Å². The SMILES string of the molecule is CCNC(=NCc1cccc(-c2ncn[nH]2)c1)NC1CCCC(CC)C1. The molecule has 1 fully saturated rings. The lowest BCUT2D eigenvalue weighted by Gasteiger charge is -2.30. The van der Waals surface area contributed by atoms with Crippen molar-refractivity contribution in [2.75, 3.05) is 6.54 Å². The first-order valence-corrected chi connectivity index (χ1v) is 9.78. The smallest absolute Gasteiger partial charge is 0.191 e. The molecule has 0 aliphatic heterocycles. The lowest BCUT2D eigenvalue weighted by atomic mass is 9.84. The van der Waals surface area contributed by atoms with Gasteiger partial charge < -0.3 is 10.6 Å². The molecule has 1 saturated carbocycles. The monoisotopic (exact) mass is 354 g/mol. The van der Waals surface area contributed by atoms with Gasteiger partial charge in [-0.3, -0.25) is 5.10 Å². The third-order valence-electron chi connectivity index (χ3n) is 5.08. The molecule has 2 atom stereocenters. The molecule has 6 heteroatoms. The van der Waals surface area contributed by atoms with Gasteiger partial charge in [0, 0.05) is 18.2 Å². The van der Waals surface area contributed by atoms with E-state index in [1.807, 2.05) is 12.1 Å².